The van der Waals surface area contributed by atoms with Crippen LogP contribution in [0.4, 0.5) is 0 Å². The molecule has 0 aliphatic carbocycles. The van der Waals surface area contributed by atoms with E-state index in [0.29, 0.717) is 25.5 Å². The summed E-state index contributed by atoms with van der Waals surface area (Å²) in [7, 11) is 0. The van der Waals surface area contributed by atoms with E-state index in [1.807, 2.05) is 48.2 Å². The van der Waals surface area contributed by atoms with Gasteiger partial charge in [-0.3, -0.25) is 4.79 Å². The lowest BCUT2D eigenvalue weighted by molar-refractivity contribution is 0.0667. The van der Waals surface area contributed by atoms with Crippen LogP contribution in [0.2, 0.25) is 0 Å². The predicted octanol–water partition coefficient (Wildman–Crippen LogP) is 5.60. The van der Waals surface area contributed by atoms with Gasteiger partial charge in [-0.25, -0.2) is 4.98 Å². The molecule has 1 aliphatic rings. The number of rotatable bonds is 5. The number of hydrogen-bond donors (Lipinski definition) is 0. The summed E-state index contributed by atoms with van der Waals surface area (Å²) >= 11 is 1.74. The molecule has 1 aliphatic heterocycles. The highest BCUT2D eigenvalue weighted by Gasteiger charge is 2.31. The number of carbonyl (C=O) groups is 1. The zero-order valence-corrected chi connectivity index (χ0v) is 17.8. The predicted molar refractivity (Wildman–Crippen MR) is 119 cm³/mol. The van der Waals surface area contributed by atoms with Crippen LogP contribution in [-0.4, -0.2) is 35.5 Å². The molecule has 0 bridgehead atoms. The van der Waals surface area contributed by atoms with Gasteiger partial charge in [0.15, 0.2) is 5.76 Å². The lowest BCUT2D eigenvalue weighted by Crippen LogP contribution is -2.39. The number of piperidine rings is 1. The maximum atomic E-state index is 13.5. The molecule has 0 N–H and O–H groups in total. The molecule has 1 amide bonds. The topological polar surface area (TPSA) is 55.6 Å². The monoisotopic (exact) mass is 420 g/mol. The van der Waals surface area contributed by atoms with Crippen molar-refractivity contribution in [3.05, 3.63) is 64.9 Å². The van der Waals surface area contributed by atoms with Crippen LogP contribution in [0, 0.1) is 0 Å². The van der Waals surface area contributed by atoms with Crippen molar-refractivity contribution in [1.82, 2.24) is 9.88 Å². The molecule has 6 heteroatoms. The summed E-state index contributed by atoms with van der Waals surface area (Å²) in [6, 6.07) is 16.0. The molecule has 0 unspecified atom stereocenters. The number of para-hydroxylation sites is 2. The first-order valence-corrected chi connectivity index (χ1v) is 11.3. The Kier molecular flexibility index (Phi) is 5.27. The smallest absolute Gasteiger partial charge is 0.290 e. The average molecular weight is 421 g/mol. The van der Waals surface area contributed by atoms with E-state index in [1.165, 1.54) is 4.70 Å². The summed E-state index contributed by atoms with van der Waals surface area (Å²) < 4.78 is 12.9. The largest absolute Gasteiger partial charge is 0.451 e. The van der Waals surface area contributed by atoms with Gasteiger partial charge in [-0.15, -0.1) is 11.3 Å². The van der Waals surface area contributed by atoms with Gasteiger partial charge in [-0.2, -0.15) is 0 Å². The zero-order chi connectivity index (χ0) is 20.5. The van der Waals surface area contributed by atoms with E-state index in [4.69, 9.17) is 14.1 Å². The van der Waals surface area contributed by atoms with E-state index in [1.54, 1.807) is 11.3 Å². The van der Waals surface area contributed by atoms with Crippen LogP contribution in [-0.2, 0) is 11.3 Å². The number of hydrogen-bond acceptors (Lipinski definition) is 5. The number of carbonyl (C=O) groups excluding carboxylic acids is 1. The highest BCUT2D eigenvalue weighted by molar-refractivity contribution is 7.18. The van der Waals surface area contributed by atoms with E-state index in [9.17, 15) is 4.79 Å². The molecule has 2 aromatic heterocycles. The lowest BCUT2D eigenvalue weighted by Gasteiger charge is -2.31. The van der Waals surface area contributed by atoms with Gasteiger partial charge in [0.05, 0.1) is 21.8 Å². The third-order valence-electron chi connectivity index (χ3n) is 5.71. The SMILES string of the molecule is CCOCc1c(C(=O)N2CCC[C@H](c3nc4ccccc4s3)C2)oc2ccccc12. The third kappa shape index (κ3) is 3.50. The number of thiazole rings is 1. The van der Waals surface area contributed by atoms with Gasteiger partial charge in [-0.1, -0.05) is 30.3 Å². The highest BCUT2D eigenvalue weighted by atomic mass is 32.1. The number of furan rings is 1. The van der Waals surface area contributed by atoms with Crippen LogP contribution in [0.1, 0.15) is 46.8 Å². The molecule has 5 rings (SSSR count). The molecule has 1 saturated heterocycles. The van der Waals surface area contributed by atoms with Crippen molar-refractivity contribution in [3.8, 4) is 0 Å². The fourth-order valence-corrected chi connectivity index (χ4v) is 5.28. The highest BCUT2D eigenvalue weighted by Crippen LogP contribution is 2.34. The summed E-state index contributed by atoms with van der Waals surface area (Å²) in [4.78, 5) is 20.2. The Morgan fingerprint density at radius 3 is 2.93 bits per heavy atom. The number of amides is 1. The minimum Gasteiger partial charge on any atom is -0.451 e. The molecule has 2 aromatic carbocycles. The minimum absolute atomic E-state index is 0.0493. The van der Waals surface area contributed by atoms with Gasteiger partial charge in [0.2, 0.25) is 0 Å². The molecule has 154 valence electrons. The molecular weight excluding hydrogens is 396 g/mol. The number of ether oxygens (including phenoxy) is 1. The van der Waals surface area contributed by atoms with Crippen molar-refractivity contribution in [3.63, 3.8) is 0 Å². The van der Waals surface area contributed by atoms with Crippen molar-refractivity contribution in [2.24, 2.45) is 0 Å². The van der Waals surface area contributed by atoms with Crippen molar-refractivity contribution < 1.29 is 13.9 Å². The third-order valence-corrected chi connectivity index (χ3v) is 6.91. The van der Waals surface area contributed by atoms with Gasteiger partial charge in [0, 0.05) is 36.6 Å². The standard InChI is InChI=1S/C24H24N2O3S/c1-2-28-15-18-17-9-3-5-11-20(17)29-22(18)24(27)26-13-7-8-16(14-26)23-25-19-10-4-6-12-21(19)30-23/h3-6,9-12,16H,2,7-8,13-15H2,1H3/t16-/m0/s1. The number of likely N-dealkylation sites (tertiary alicyclic amines) is 1. The fraction of sp³-hybridized carbons (Fsp3) is 0.333. The van der Waals surface area contributed by atoms with Crippen molar-refractivity contribution in [1.29, 1.82) is 0 Å². The van der Waals surface area contributed by atoms with Gasteiger partial charge < -0.3 is 14.1 Å². The first kappa shape index (κ1) is 19.3. The Bertz CT molecular complexity index is 1160. The maximum absolute atomic E-state index is 13.5. The van der Waals surface area contributed by atoms with Crippen LogP contribution < -0.4 is 0 Å². The lowest BCUT2D eigenvalue weighted by atomic mass is 9.98. The van der Waals surface area contributed by atoms with Crippen LogP contribution in [0.5, 0.6) is 0 Å². The number of aromatic nitrogens is 1. The quantitative estimate of drug-likeness (QED) is 0.422. The van der Waals surface area contributed by atoms with E-state index in [2.05, 4.69) is 12.1 Å². The molecule has 30 heavy (non-hydrogen) atoms. The molecule has 4 aromatic rings. The van der Waals surface area contributed by atoms with E-state index >= 15 is 0 Å². The normalized spacial score (nSPS) is 17.1. The molecule has 1 atom stereocenters. The van der Waals surface area contributed by atoms with E-state index in [-0.39, 0.29) is 11.8 Å². The van der Waals surface area contributed by atoms with Crippen LogP contribution in [0.15, 0.2) is 52.9 Å². The number of benzene rings is 2. The van der Waals surface area contributed by atoms with Gasteiger partial charge >= 0.3 is 0 Å². The fourth-order valence-electron chi connectivity index (χ4n) is 4.19. The Morgan fingerprint density at radius 1 is 1.23 bits per heavy atom. The van der Waals surface area contributed by atoms with Gasteiger partial charge in [-0.05, 0) is 38.0 Å². The molecule has 0 radical (unpaired) electrons. The van der Waals surface area contributed by atoms with Gasteiger partial charge in [0.25, 0.3) is 5.91 Å². The van der Waals surface area contributed by atoms with Crippen molar-refractivity contribution in [2.45, 2.75) is 32.3 Å². The molecule has 0 spiro atoms. The average Bonchev–Trinajstić information content (AvgIpc) is 3.39. The van der Waals surface area contributed by atoms with Crippen LogP contribution in [0.3, 0.4) is 0 Å². The minimum atomic E-state index is -0.0493. The summed E-state index contributed by atoms with van der Waals surface area (Å²) in [6.45, 7) is 4.34. The van der Waals surface area contributed by atoms with Crippen molar-refractivity contribution >= 4 is 38.4 Å². The first-order valence-electron chi connectivity index (χ1n) is 10.5. The second kappa shape index (κ2) is 8.20. The molecule has 5 nitrogen and oxygen atoms in total. The second-order valence-electron chi connectivity index (χ2n) is 7.65. The van der Waals surface area contributed by atoms with Crippen molar-refractivity contribution in [2.75, 3.05) is 19.7 Å². The maximum Gasteiger partial charge on any atom is 0.290 e. The van der Waals surface area contributed by atoms with E-state index < -0.39 is 0 Å². The summed E-state index contributed by atoms with van der Waals surface area (Å²) in [5, 5.41) is 2.07. The first-order chi connectivity index (χ1) is 14.7. The van der Waals surface area contributed by atoms with E-state index in [0.717, 1.165) is 46.4 Å². The van der Waals surface area contributed by atoms with Gasteiger partial charge in [0.1, 0.15) is 5.58 Å². The number of fused-ring (bicyclic) bond motifs is 2. The van der Waals surface area contributed by atoms with Crippen LogP contribution in [0.25, 0.3) is 21.2 Å². The Labute approximate surface area is 179 Å². The summed E-state index contributed by atoms with van der Waals surface area (Å²) in [5.74, 6) is 0.626. The van der Waals surface area contributed by atoms with Crippen LogP contribution >= 0.6 is 11.3 Å². The molecule has 1 fully saturated rings. The molecule has 0 saturated carbocycles. The Balaban J connectivity index is 1.43. The molecular formula is C24H24N2O3S. The molecule has 3 heterocycles. The Hall–Kier alpha value is -2.70. The number of nitrogens with zero attached hydrogens (tertiary/aromatic N) is 2. The summed E-state index contributed by atoms with van der Waals surface area (Å²) in [6.07, 6.45) is 2.02. The summed E-state index contributed by atoms with van der Waals surface area (Å²) in [5.41, 5.74) is 2.62. The second-order valence-corrected chi connectivity index (χ2v) is 8.72. The Morgan fingerprint density at radius 2 is 2.07 bits per heavy atom. The zero-order valence-electron chi connectivity index (χ0n) is 17.0.